The van der Waals surface area contributed by atoms with Gasteiger partial charge >= 0.3 is 5.30 Å². The molecule has 0 saturated heterocycles. The van der Waals surface area contributed by atoms with Crippen LogP contribution >= 0.6 is 10.5 Å². The molecular formula is C6H7O2S+. The van der Waals surface area contributed by atoms with Crippen molar-refractivity contribution in [1.82, 2.24) is 0 Å². The first-order valence-corrected chi connectivity index (χ1v) is 3.84. The lowest BCUT2D eigenvalue weighted by atomic mass is 10.7. The third kappa shape index (κ3) is 1.29. The zero-order valence-corrected chi connectivity index (χ0v) is 5.85. The zero-order chi connectivity index (χ0) is 6.69. The number of ether oxygens (including phenoxy) is 1. The Morgan fingerprint density at radius 3 is 2.44 bits per heavy atom. The molecule has 0 spiro atoms. The van der Waals surface area contributed by atoms with Gasteiger partial charge in [-0.05, 0) is 12.1 Å². The molecule has 9 heavy (non-hydrogen) atoms. The van der Waals surface area contributed by atoms with Crippen LogP contribution in [-0.4, -0.2) is 12.4 Å². The van der Waals surface area contributed by atoms with Crippen LogP contribution in [0.25, 0.3) is 0 Å². The van der Waals surface area contributed by atoms with Crippen LogP contribution in [0.5, 0.6) is 0 Å². The van der Waals surface area contributed by atoms with Crippen LogP contribution in [-0.2, 0) is 4.74 Å². The quantitative estimate of drug-likeness (QED) is 0.444. The highest BCUT2D eigenvalue weighted by molar-refractivity contribution is 7.48. The molecule has 0 atom stereocenters. The predicted octanol–water partition coefficient (Wildman–Crippen LogP) is 2.05. The average Bonchev–Trinajstić information content (AvgIpc) is 2.37. The largest absolute Gasteiger partial charge is 0.554 e. The molecule has 0 aliphatic carbocycles. The molecule has 0 aromatic carbocycles. The van der Waals surface area contributed by atoms with E-state index in [2.05, 4.69) is 4.74 Å². The fourth-order valence-corrected chi connectivity index (χ4v) is 1.54. The standard InChI is InChI=1S/C6H7O2S/c1-8-6(7)9-4-2-3-5-9/h2-5H,1H3/q+1. The zero-order valence-electron chi connectivity index (χ0n) is 5.03. The molecule has 0 aliphatic rings. The van der Waals surface area contributed by atoms with Gasteiger partial charge in [0.2, 0.25) is 0 Å². The van der Waals surface area contributed by atoms with Crippen LogP contribution in [0.3, 0.4) is 0 Å². The molecule has 0 unspecified atom stereocenters. The predicted molar refractivity (Wildman–Crippen MR) is 36.7 cm³/mol. The van der Waals surface area contributed by atoms with Gasteiger partial charge in [0, 0.05) is 0 Å². The van der Waals surface area contributed by atoms with Crippen molar-refractivity contribution in [3.05, 3.63) is 22.9 Å². The Morgan fingerprint density at radius 1 is 1.44 bits per heavy atom. The molecular weight excluding hydrogens is 136 g/mol. The van der Waals surface area contributed by atoms with E-state index < -0.39 is 10.5 Å². The van der Waals surface area contributed by atoms with E-state index in [0.717, 1.165) is 0 Å². The first-order chi connectivity index (χ1) is 4.34. The second-order valence-electron chi connectivity index (χ2n) is 1.48. The topological polar surface area (TPSA) is 26.3 Å². The van der Waals surface area contributed by atoms with E-state index in [1.807, 2.05) is 22.9 Å². The number of methoxy groups -OCH3 is 1. The molecule has 0 N–H and O–H groups in total. The number of hydrogen-bond donors (Lipinski definition) is 0. The third-order valence-electron chi connectivity index (χ3n) is 0.921. The summed E-state index contributed by atoms with van der Waals surface area (Å²) in [7, 11) is 1.00. The van der Waals surface area contributed by atoms with E-state index in [0.29, 0.717) is 0 Å². The Kier molecular flexibility index (Phi) is 1.85. The summed E-state index contributed by atoms with van der Waals surface area (Å²) in [4.78, 5) is 10.7. The number of thiophene rings is 1. The summed E-state index contributed by atoms with van der Waals surface area (Å²) in [5, 5.41) is 3.48. The highest BCUT2D eigenvalue weighted by Gasteiger charge is 2.14. The average molecular weight is 143 g/mol. The first-order valence-electron chi connectivity index (χ1n) is 2.49. The summed E-state index contributed by atoms with van der Waals surface area (Å²) >= 11 is 0. The maximum atomic E-state index is 10.7. The molecule has 3 heteroatoms. The Bertz CT molecular complexity index is 191. The summed E-state index contributed by atoms with van der Waals surface area (Å²) in [6, 6.07) is 3.69. The van der Waals surface area contributed by atoms with Gasteiger partial charge in [-0.3, -0.25) is 0 Å². The van der Waals surface area contributed by atoms with Crippen LogP contribution in [0.15, 0.2) is 22.9 Å². The molecule has 0 amide bonds. The summed E-state index contributed by atoms with van der Waals surface area (Å²) in [6.07, 6.45) is 0. The van der Waals surface area contributed by atoms with Crippen molar-refractivity contribution in [3.63, 3.8) is 0 Å². The molecule has 1 heterocycles. The SMILES string of the molecule is COC(=O)[s+]1cccc1. The van der Waals surface area contributed by atoms with Crippen molar-refractivity contribution in [2.75, 3.05) is 7.11 Å². The molecule has 2 nitrogen and oxygen atoms in total. The summed E-state index contributed by atoms with van der Waals surface area (Å²) in [5.74, 6) is 0. The van der Waals surface area contributed by atoms with Crippen LogP contribution in [0.2, 0.25) is 0 Å². The lowest BCUT2D eigenvalue weighted by Gasteiger charge is -1.81. The van der Waals surface area contributed by atoms with Crippen molar-refractivity contribution in [1.29, 1.82) is 0 Å². The minimum Gasteiger partial charge on any atom is -0.425 e. The van der Waals surface area contributed by atoms with E-state index in [9.17, 15) is 4.79 Å². The Balaban J connectivity index is 2.77. The van der Waals surface area contributed by atoms with Crippen molar-refractivity contribution < 1.29 is 9.53 Å². The van der Waals surface area contributed by atoms with Gasteiger partial charge in [-0.1, -0.05) is 0 Å². The monoisotopic (exact) mass is 143 g/mol. The molecule has 1 rings (SSSR count). The van der Waals surface area contributed by atoms with Gasteiger partial charge in [-0.25, -0.2) is 0 Å². The summed E-state index contributed by atoms with van der Waals surface area (Å²) in [5.41, 5.74) is 0. The summed E-state index contributed by atoms with van der Waals surface area (Å²) < 4.78 is 4.51. The minimum atomic E-state index is -0.394. The minimum absolute atomic E-state index is 0.167. The fraction of sp³-hybridized carbons (Fsp3) is 0.167. The molecule has 1 aromatic rings. The molecule has 0 radical (unpaired) electrons. The third-order valence-corrected chi connectivity index (χ3v) is 2.37. The number of hydrogen-bond acceptors (Lipinski definition) is 2. The molecule has 0 bridgehead atoms. The van der Waals surface area contributed by atoms with Crippen LogP contribution in [0.1, 0.15) is 0 Å². The molecule has 0 saturated carbocycles. The van der Waals surface area contributed by atoms with Gasteiger partial charge < -0.3 is 4.74 Å². The van der Waals surface area contributed by atoms with Crippen molar-refractivity contribution in [2.24, 2.45) is 0 Å². The van der Waals surface area contributed by atoms with Crippen LogP contribution in [0, 0.1) is 0 Å². The molecule has 0 fully saturated rings. The molecule has 0 aliphatic heterocycles. The van der Waals surface area contributed by atoms with E-state index in [-0.39, 0.29) is 5.30 Å². The lowest BCUT2D eigenvalue weighted by molar-refractivity contribution is 0.199. The second kappa shape index (κ2) is 2.64. The highest BCUT2D eigenvalue weighted by Crippen LogP contribution is 2.17. The number of carbonyl (C=O) groups excluding carboxylic acids is 1. The summed E-state index contributed by atoms with van der Waals surface area (Å²) in [6.45, 7) is 0. The van der Waals surface area contributed by atoms with E-state index in [4.69, 9.17) is 0 Å². The van der Waals surface area contributed by atoms with Crippen molar-refractivity contribution in [3.8, 4) is 0 Å². The number of rotatable bonds is 1. The van der Waals surface area contributed by atoms with Crippen molar-refractivity contribution >= 4 is 15.8 Å². The van der Waals surface area contributed by atoms with E-state index >= 15 is 0 Å². The fourth-order valence-electron chi connectivity index (χ4n) is 0.513. The van der Waals surface area contributed by atoms with Gasteiger partial charge in [0.1, 0.15) is 0 Å². The lowest BCUT2D eigenvalue weighted by Crippen LogP contribution is -1.88. The van der Waals surface area contributed by atoms with Crippen molar-refractivity contribution in [2.45, 2.75) is 0 Å². The second-order valence-corrected chi connectivity index (χ2v) is 3.10. The normalized spacial score (nSPS) is 9.00. The van der Waals surface area contributed by atoms with Crippen LogP contribution < -0.4 is 0 Å². The molecule has 48 valence electrons. The maximum absolute atomic E-state index is 10.7. The van der Waals surface area contributed by atoms with E-state index in [1.165, 1.54) is 7.11 Å². The van der Waals surface area contributed by atoms with Gasteiger partial charge in [0.25, 0.3) is 0 Å². The van der Waals surface area contributed by atoms with Gasteiger partial charge in [-0.15, -0.1) is 0 Å². The van der Waals surface area contributed by atoms with Gasteiger partial charge in [0.15, 0.2) is 10.8 Å². The molecule has 1 aromatic heterocycles. The Morgan fingerprint density at radius 2 is 2.00 bits per heavy atom. The Hall–Kier alpha value is -0.830. The maximum Gasteiger partial charge on any atom is 0.554 e. The van der Waals surface area contributed by atoms with Gasteiger partial charge in [0.05, 0.1) is 17.6 Å². The van der Waals surface area contributed by atoms with Gasteiger partial charge in [-0.2, -0.15) is 4.79 Å². The first kappa shape index (κ1) is 6.29. The smallest absolute Gasteiger partial charge is 0.425 e. The van der Waals surface area contributed by atoms with Crippen LogP contribution in [0.4, 0.5) is 4.79 Å². The highest BCUT2D eigenvalue weighted by atomic mass is 32.2. The number of carbonyl (C=O) groups is 1. The Labute approximate surface area is 56.0 Å². The van der Waals surface area contributed by atoms with E-state index in [1.54, 1.807) is 0 Å².